The van der Waals surface area contributed by atoms with Crippen LogP contribution in [0.2, 0.25) is 0 Å². The molecule has 11 atom stereocenters. The van der Waals surface area contributed by atoms with Crippen LogP contribution in [0.4, 0.5) is 0 Å². The Morgan fingerprint density at radius 3 is 1.93 bits per heavy atom. The van der Waals surface area contributed by atoms with Gasteiger partial charge in [-0.25, -0.2) is 0 Å². The maximum Gasteiger partial charge on any atom is 0.187 e. The first-order valence-electron chi connectivity index (χ1n) is 13.9. The van der Waals surface area contributed by atoms with Gasteiger partial charge in [-0.2, -0.15) is 0 Å². The van der Waals surface area contributed by atoms with Gasteiger partial charge in [-0.05, 0) is 0 Å². The first kappa shape index (κ1) is 40.6. The number of ether oxygens (including phenoxy) is 8. The van der Waals surface area contributed by atoms with Gasteiger partial charge >= 0.3 is 0 Å². The van der Waals surface area contributed by atoms with Crippen LogP contribution in [0.3, 0.4) is 0 Å². The minimum Gasteiger partial charge on any atom is -1.00 e. The average Bonchev–Trinajstić information content (AvgIpc) is 2.93. The summed E-state index contributed by atoms with van der Waals surface area (Å²) in [6.45, 7) is -2.18. The van der Waals surface area contributed by atoms with Crippen molar-refractivity contribution in [2.45, 2.75) is 67.5 Å². The van der Waals surface area contributed by atoms with Gasteiger partial charge in [0.15, 0.2) is 12.6 Å². The van der Waals surface area contributed by atoms with Crippen molar-refractivity contribution in [3.63, 3.8) is 0 Å². The molecule has 258 valence electrons. The van der Waals surface area contributed by atoms with Gasteiger partial charge in [0.05, 0.1) is 80.6 Å². The smallest absolute Gasteiger partial charge is 0.187 e. The highest BCUT2D eigenvalue weighted by Gasteiger charge is 2.52. The number of rotatable bonds is 20. The summed E-state index contributed by atoms with van der Waals surface area (Å²) in [5.41, 5.74) is 0. The highest BCUT2D eigenvalue weighted by molar-refractivity contribution is 4.95. The van der Waals surface area contributed by atoms with Crippen LogP contribution in [0.1, 0.15) is 0 Å². The van der Waals surface area contributed by atoms with Crippen LogP contribution in [0.15, 0.2) is 0 Å². The Labute approximate surface area is 257 Å². The van der Waals surface area contributed by atoms with Crippen LogP contribution in [-0.2, 0) is 37.9 Å². The van der Waals surface area contributed by atoms with Crippen molar-refractivity contribution < 1.29 is 95.6 Å². The lowest BCUT2D eigenvalue weighted by Gasteiger charge is -2.47. The molecule has 8 N–H and O–H groups in total. The molecule has 18 heteroatoms. The molecule has 0 bridgehead atoms. The van der Waals surface area contributed by atoms with E-state index in [0.717, 1.165) is 0 Å². The third-order valence-corrected chi connectivity index (χ3v) is 6.50. The molecule has 0 saturated carbocycles. The van der Waals surface area contributed by atoms with Gasteiger partial charge in [0.2, 0.25) is 0 Å². The van der Waals surface area contributed by atoms with Crippen LogP contribution in [0, 0.1) is 0 Å². The molecule has 2 aliphatic heterocycles. The van der Waals surface area contributed by atoms with E-state index in [1.807, 2.05) is 21.1 Å². The van der Waals surface area contributed by atoms with E-state index in [9.17, 15) is 30.6 Å². The van der Waals surface area contributed by atoms with Gasteiger partial charge in [-0.1, -0.05) is 0 Å². The van der Waals surface area contributed by atoms with Gasteiger partial charge in [0, 0.05) is 0 Å². The Balaban J connectivity index is 0.00000924. The Kier molecular flexibility index (Phi) is 19.5. The third-order valence-electron chi connectivity index (χ3n) is 6.50. The Bertz CT molecular complexity index is 723. The van der Waals surface area contributed by atoms with Crippen LogP contribution < -0.4 is 12.4 Å². The third kappa shape index (κ3) is 13.1. The zero-order chi connectivity index (χ0) is 31.3. The second kappa shape index (κ2) is 20.7. The molecule has 2 fully saturated rings. The van der Waals surface area contributed by atoms with Crippen LogP contribution in [0.5, 0.6) is 0 Å². The van der Waals surface area contributed by atoms with Crippen molar-refractivity contribution in [1.29, 1.82) is 0 Å². The molecular weight excluding hydrogens is 606 g/mol. The minimum atomic E-state index is -1.63. The summed E-state index contributed by atoms with van der Waals surface area (Å²) in [6, 6.07) is 0. The topological polar surface area (TPSA) is 236 Å². The van der Waals surface area contributed by atoms with Crippen molar-refractivity contribution in [1.82, 2.24) is 0 Å². The molecule has 2 heterocycles. The van der Waals surface area contributed by atoms with E-state index >= 15 is 0 Å². The van der Waals surface area contributed by atoms with E-state index < -0.39 is 80.9 Å². The first-order valence-corrected chi connectivity index (χ1v) is 13.9. The molecular formula is C25H50ClNO16. The molecule has 17 nitrogen and oxygen atoms in total. The maximum atomic E-state index is 11.2. The van der Waals surface area contributed by atoms with E-state index in [0.29, 0.717) is 11.0 Å². The summed E-state index contributed by atoms with van der Waals surface area (Å²) >= 11 is 0. The number of aliphatic hydroxyl groups excluding tert-OH is 8. The standard InChI is InChI=1S/C25H50NO16.ClH/c1-26(2,3)10-15(31)12-35-8-9-39-23-18(32)20(17(13-36-14-30)40-24(23)34)42-25-19(33)22(38-7-5-28)21(37-6-4-27)16(11-29)41-25;/h15-25,27-34H,4-14H2,1-3H3;1H/q+1;/p-1/t15?,16-,17-,18+,19-,20-,21-,22-,23-,24-,25?;/m1./s1. The first-order chi connectivity index (χ1) is 20.0. The summed E-state index contributed by atoms with van der Waals surface area (Å²) in [7, 11) is 5.80. The summed E-state index contributed by atoms with van der Waals surface area (Å²) in [6.07, 6.45) is -14.1. The van der Waals surface area contributed by atoms with E-state index in [4.69, 9.17) is 48.1 Å². The van der Waals surface area contributed by atoms with Crippen molar-refractivity contribution in [2.24, 2.45) is 0 Å². The SMILES string of the molecule is C[N+](C)(C)CC(O)COCCO[C@@H]1[C@@H](O)[C@H](OC2O[C@H](CO)[C@@H](OCCO)[C@H](OCCO)[C@H]2O)[C@@H](COCO)O[C@H]1O.[Cl-]. The summed E-state index contributed by atoms with van der Waals surface area (Å²) in [5.74, 6) is 0. The molecule has 2 unspecified atom stereocenters. The van der Waals surface area contributed by atoms with Gasteiger partial charge in [0.25, 0.3) is 0 Å². The van der Waals surface area contributed by atoms with Gasteiger partial charge < -0.3 is 95.6 Å². The van der Waals surface area contributed by atoms with Crippen LogP contribution in [-0.4, -0.2) is 207 Å². The van der Waals surface area contributed by atoms with E-state index in [2.05, 4.69) is 0 Å². The molecule has 43 heavy (non-hydrogen) atoms. The van der Waals surface area contributed by atoms with Gasteiger partial charge in [-0.3, -0.25) is 0 Å². The largest absolute Gasteiger partial charge is 1.00 e. The minimum absolute atomic E-state index is 0. The van der Waals surface area contributed by atoms with E-state index in [1.165, 1.54) is 0 Å². The fourth-order valence-corrected chi connectivity index (χ4v) is 4.79. The predicted octanol–water partition coefficient (Wildman–Crippen LogP) is -8.28. The van der Waals surface area contributed by atoms with E-state index in [-0.39, 0.29) is 65.3 Å². The quantitative estimate of drug-likeness (QED) is 0.0345. The van der Waals surface area contributed by atoms with Crippen LogP contribution in [0.25, 0.3) is 0 Å². The fourth-order valence-electron chi connectivity index (χ4n) is 4.79. The normalized spacial score (nSPS) is 34.1. The van der Waals surface area contributed by atoms with E-state index in [1.54, 1.807) is 0 Å². The van der Waals surface area contributed by atoms with Crippen molar-refractivity contribution >= 4 is 0 Å². The molecule has 2 aliphatic rings. The highest BCUT2D eigenvalue weighted by Crippen LogP contribution is 2.31. The molecule has 0 amide bonds. The molecule has 0 aromatic carbocycles. The number of aliphatic hydroxyl groups is 8. The predicted molar refractivity (Wildman–Crippen MR) is 140 cm³/mol. The molecule has 0 radical (unpaired) electrons. The van der Waals surface area contributed by atoms with Crippen molar-refractivity contribution in [2.75, 3.05) is 93.9 Å². The number of nitrogens with zero attached hydrogens (tertiary/aromatic N) is 1. The lowest BCUT2D eigenvalue weighted by molar-refractivity contribution is -0.873. The summed E-state index contributed by atoms with van der Waals surface area (Å²) in [4.78, 5) is 0. The summed E-state index contributed by atoms with van der Waals surface area (Å²) in [5, 5.41) is 80.3. The molecule has 2 saturated heterocycles. The number of halogens is 1. The van der Waals surface area contributed by atoms with Crippen molar-refractivity contribution in [3.05, 3.63) is 0 Å². The highest BCUT2D eigenvalue weighted by atomic mass is 35.5. The Morgan fingerprint density at radius 2 is 1.35 bits per heavy atom. The molecule has 0 spiro atoms. The Morgan fingerprint density at radius 1 is 0.721 bits per heavy atom. The molecule has 0 aromatic heterocycles. The second-order valence-electron chi connectivity index (χ2n) is 11.0. The Hall–Kier alpha value is -0.390. The number of hydrogen-bond donors (Lipinski definition) is 8. The number of hydrogen-bond acceptors (Lipinski definition) is 16. The zero-order valence-corrected chi connectivity index (χ0v) is 25.6. The lowest BCUT2D eigenvalue weighted by atomic mass is 9.96. The fraction of sp³-hybridized carbons (Fsp3) is 1.00. The lowest BCUT2D eigenvalue weighted by Crippen LogP contribution is -3.00. The van der Waals surface area contributed by atoms with Crippen molar-refractivity contribution in [3.8, 4) is 0 Å². The number of likely N-dealkylation sites (N-methyl/N-ethyl adjacent to an activating group) is 1. The molecule has 2 rings (SSSR count). The number of quaternary nitrogens is 1. The molecule has 0 aromatic rings. The maximum absolute atomic E-state index is 11.2. The van der Waals surface area contributed by atoms with Gasteiger partial charge in [-0.15, -0.1) is 0 Å². The second-order valence-corrected chi connectivity index (χ2v) is 11.0. The zero-order valence-electron chi connectivity index (χ0n) is 24.8. The average molecular weight is 656 g/mol. The monoisotopic (exact) mass is 655 g/mol. The molecule has 0 aliphatic carbocycles. The summed E-state index contributed by atoms with van der Waals surface area (Å²) < 4.78 is 44.9. The van der Waals surface area contributed by atoms with Gasteiger partial charge in [0.1, 0.15) is 68.3 Å². The van der Waals surface area contributed by atoms with Crippen LogP contribution >= 0.6 is 0 Å².